The summed E-state index contributed by atoms with van der Waals surface area (Å²) in [5.74, 6) is 0.589. The molecule has 0 aliphatic carbocycles. The summed E-state index contributed by atoms with van der Waals surface area (Å²) in [4.78, 5) is 17.1. The Kier molecular flexibility index (Phi) is 4.40. The standard InChI is InChI=1S/C10H13ClN2O/c1-13(10(14)5-2-6-11)9-4-3-7-12-8-9/h3-4,7-8H,2,5-6H2,1H3. The Morgan fingerprint density at radius 3 is 3.00 bits per heavy atom. The van der Waals surface area contributed by atoms with Crippen LogP contribution >= 0.6 is 11.6 Å². The van der Waals surface area contributed by atoms with E-state index in [0.717, 1.165) is 5.69 Å². The van der Waals surface area contributed by atoms with Crippen molar-refractivity contribution in [2.24, 2.45) is 0 Å². The third kappa shape index (κ3) is 3.00. The van der Waals surface area contributed by atoms with E-state index in [9.17, 15) is 4.79 Å². The molecule has 0 radical (unpaired) electrons. The van der Waals surface area contributed by atoms with Crippen molar-refractivity contribution in [1.29, 1.82) is 0 Å². The molecule has 0 saturated carbocycles. The normalized spacial score (nSPS) is 9.86. The molecule has 76 valence electrons. The van der Waals surface area contributed by atoms with Gasteiger partial charge in [-0.3, -0.25) is 9.78 Å². The first-order valence-corrected chi connectivity index (χ1v) is 5.01. The largest absolute Gasteiger partial charge is 0.314 e. The molecule has 1 aromatic heterocycles. The van der Waals surface area contributed by atoms with Gasteiger partial charge in [0, 0.05) is 25.5 Å². The summed E-state index contributed by atoms with van der Waals surface area (Å²) < 4.78 is 0. The summed E-state index contributed by atoms with van der Waals surface area (Å²) in [7, 11) is 1.74. The Hall–Kier alpha value is -1.09. The van der Waals surface area contributed by atoms with Crippen LogP contribution in [0.15, 0.2) is 24.5 Å². The predicted octanol–water partition coefficient (Wildman–Crippen LogP) is 2.06. The Morgan fingerprint density at radius 1 is 1.64 bits per heavy atom. The van der Waals surface area contributed by atoms with Crippen LogP contribution in [-0.2, 0) is 4.79 Å². The van der Waals surface area contributed by atoms with E-state index in [1.807, 2.05) is 6.07 Å². The van der Waals surface area contributed by atoms with E-state index in [4.69, 9.17) is 11.6 Å². The van der Waals surface area contributed by atoms with Gasteiger partial charge < -0.3 is 4.90 Å². The maximum absolute atomic E-state index is 11.5. The number of carbonyl (C=O) groups is 1. The molecule has 0 atom stereocenters. The molecule has 0 aliphatic heterocycles. The third-order valence-corrected chi connectivity index (χ3v) is 2.20. The minimum atomic E-state index is 0.0682. The molecule has 0 saturated heterocycles. The molecular formula is C10H13ClN2O. The van der Waals surface area contributed by atoms with E-state index in [1.165, 1.54) is 0 Å². The number of carbonyl (C=O) groups excluding carboxylic acids is 1. The highest BCUT2D eigenvalue weighted by Crippen LogP contribution is 2.11. The monoisotopic (exact) mass is 212 g/mol. The number of pyridine rings is 1. The lowest BCUT2D eigenvalue weighted by Gasteiger charge is -2.16. The predicted molar refractivity (Wildman–Crippen MR) is 57.6 cm³/mol. The summed E-state index contributed by atoms with van der Waals surface area (Å²) in [6.45, 7) is 0. The number of nitrogens with zero attached hydrogens (tertiary/aromatic N) is 2. The zero-order valence-corrected chi connectivity index (χ0v) is 8.87. The fourth-order valence-corrected chi connectivity index (χ4v) is 1.22. The first-order chi connectivity index (χ1) is 6.75. The van der Waals surface area contributed by atoms with E-state index in [0.29, 0.717) is 18.7 Å². The average molecular weight is 213 g/mol. The van der Waals surface area contributed by atoms with Crippen LogP contribution in [0.1, 0.15) is 12.8 Å². The van der Waals surface area contributed by atoms with Crippen molar-refractivity contribution in [3.8, 4) is 0 Å². The number of hydrogen-bond acceptors (Lipinski definition) is 2. The smallest absolute Gasteiger partial charge is 0.226 e. The van der Waals surface area contributed by atoms with Gasteiger partial charge in [-0.05, 0) is 18.6 Å². The zero-order valence-electron chi connectivity index (χ0n) is 8.11. The third-order valence-electron chi connectivity index (χ3n) is 1.93. The number of anilines is 1. The first-order valence-electron chi connectivity index (χ1n) is 4.48. The lowest BCUT2D eigenvalue weighted by atomic mass is 10.3. The lowest BCUT2D eigenvalue weighted by molar-refractivity contribution is -0.118. The molecule has 1 aromatic rings. The number of amides is 1. The number of alkyl halides is 1. The summed E-state index contributed by atoms with van der Waals surface area (Å²) in [6.07, 6.45) is 4.54. The van der Waals surface area contributed by atoms with Gasteiger partial charge in [0.15, 0.2) is 0 Å². The van der Waals surface area contributed by atoms with Crippen LogP contribution in [0.2, 0.25) is 0 Å². The van der Waals surface area contributed by atoms with Crippen LogP contribution in [0.25, 0.3) is 0 Å². The number of halogens is 1. The van der Waals surface area contributed by atoms with Crippen LogP contribution < -0.4 is 4.90 Å². The lowest BCUT2D eigenvalue weighted by Crippen LogP contribution is -2.25. The Balaban J connectivity index is 2.57. The minimum absolute atomic E-state index is 0.0682. The minimum Gasteiger partial charge on any atom is -0.314 e. The van der Waals surface area contributed by atoms with Crippen molar-refractivity contribution in [2.45, 2.75) is 12.8 Å². The highest BCUT2D eigenvalue weighted by atomic mass is 35.5. The topological polar surface area (TPSA) is 33.2 Å². The van der Waals surface area contributed by atoms with Crippen LogP contribution in [0.3, 0.4) is 0 Å². The van der Waals surface area contributed by atoms with Crippen molar-refractivity contribution in [1.82, 2.24) is 4.98 Å². The Bertz CT molecular complexity index is 289. The summed E-state index contributed by atoms with van der Waals surface area (Å²) in [5.41, 5.74) is 0.812. The number of rotatable bonds is 4. The van der Waals surface area contributed by atoms with E-state index in [2.05, 4.69) is 4.98 Å². The summed E-state index contributed by atoms with van der Waals surface area (Å²) in [5, 5.41) is 0. The van der Waals surface area contributed by atoms with Gasteiger partial charge in [-0.2, -0.15) is 0 Å². The van der Waals surface area contributed by atoms with Gasteiger partial charge in [-0.1, -0.05) is 0 Å². The fraction of sp³-hybridized carbons (Fsp3) is 0.400. The molecule has 0 aromatic carbocycles. The number of aromatic nitrogens is 1. The van der Waals surface area contributed by atoms with E-state index >= 15 is 0 Å². The average Bonchev–Trinajstić information content (AvgIpc) is 2.26. The van der Waals surface area contributed by atoms with Crippen LogP contribution in [0, 0.1) is 0 Å². The summed E-state index contributed by atoms with van der Waals surface area (Å²) >= 11 is 5.51. The molecule has 0 spiro atoms. The second-order valence-electron chi connectivity index (χ2n) is 2.96. The molecule has 4 heteroatoms. The Morgan fingerprint density at radius 2 is 2.43 bits per heavy atom. The quantitative estimate of drug-likeness (QED) is 0.716. The second kappa shape index (κ2) is 5.60. The van der Waals surface area contributed by atoms with Crippen LogP contribution in [0.5, 0.6) is 0 Å². The maximum atomic E-state index is 11.5. The molecule has 3 nitrogen and oxygen atoms in total. The van der Waals surface area contributed by atoms with Crippen molar-refractivity contribution in [2.75, 3.05) is 17.8 Å². The summed E-state index contributed by atoms with van der Waals surface area (Å²) in [6, 6.07) is 3.66. The zero-order chi connectivity index (χ0) is 10.4. The van der Waals surface area contributed by atoms with Gasteiger partial charge in [0.1, 0.15) is 0 Å². The maximum Gasteiger partial charge on any atom is 0.226 e. The van der Waals surface area contributed by atoms with Crippen molar-refractivity contribution in [3.05, 3.63) is 24.5 Å². The molecule has 1 rings (SSSR count). The van der Waals surface area contributed by atoms with Gasteiger partial charge in [-0.25, -0.2) is 0 Å². The van der Waals surface area contributed by atoms with Crippen molar-refractivity contribution >= 4 is 23.2 Å². The van der Waals surface area contributed by atoms with Gasteiger partial charge >= 0.3 is 0 Å². The van der Waals surface area contributed by atoms with Crippen LogP contribution in [-0.4, -0.2) is 23.8 Å². The first kappa shape index (κ1) is 11.0. The molecule has 0 unspecified atom stereocenters. The van der Waals surface area contributed by atoms with Gasteiger partial charge in [0.05, 0.1) is 11.9 Å². The fourth-order valence-electron chi connectivity index (χ4n) is 1.08. The van der Waals surface area contributed by atoms with E-state index in [-0.39, 0.29) is 5.91 Å². The molecule has 1 amide bonds. The van der Waals surface area contributed by atoms with E-state index < -0.39 is 0 Å². The van der Waals surface area contributed by atoms with Gasteiger partial charge in [0.25, 0.3) is 0 Å². The van der Waals surface area contributed by atoms with Gasteiger partial charge in [0.2, 0.25) is 5.91 Å². The van der Waals surface area contributed by atoms with E-state index in [1.54, 1.807) is 30.4 Å². The van der Waals surface area contributed by atoms with Crippen molar-refractivity contribution in [3.63, 3.8) is 0 Å². The molecular weight excluding hydrogens is 200 g/mol. The van der Waals surface area contributed by atoms with Gasteiger partial charge in [-0.15, -0.1) is 11.6 Å². The molecule has 14 heavy (non-hydrogen) atoms. The van der Waals surface area contributed by atoms with Crippen LogP contribution in [0.4, 0.5) is 5.69 Å². The second-order valence-corrected chi connectivity index (χ2v) is 3.33. The molecule has 0 fully saturated rings. The van der Waals surface area contributed by atoms with Crippen molar-refractivity contribution < 1.29 is 4.79 Å². The molecule has 0 bridgehead atoms. The SMILES string of the molecule is CN(C(=O)CCCCl)c1cccnc1. The molecule has 0 aliphatic rings. The molecule has 1 heterocycles. The highest BCUT2D eigenvalue weighted by Gasteiger charge is 2.09. The highest BCUT2D eigenvalue weighted by molar-refractivity contribution is 6.18. The number of hydrogen-bond donors (Lipinski definition) is 0. The Labute approximate surface area is 88.7 Å². The molecule has 0 N–H and O–H groups in total.